The van der Waals surface area contributed by atoms with Crippen LogP contribution in [-0.2, 0) is 0 Å². The molecule has 80 valence electrons. The predicted molar refractivity (Wildman–Crippen MR) is 66.5 cm³/mol. The Hall–Kier alpha value is -1.03. The molecule has 15 heavy (non-hydrogen) atoms. The van der Waals surface area contributed by atoms with Crippen molar-refractivity contribution < 1.29 is 0 Å². The van der Waals surface area contributed by atoms with E-state index in [1.54, 1.807) is 0 Å². The topological polar surface area (TPSA) is 50.9 Å². The van der Waals surface area contributed by atoms with E-state index in [0.717, 1.165) is 22.3 Å². The van der Waals surface area contributed by atoms with Gasteiger partial charge in [-0.2, -0.15) is 0 Å². The Morgan fingerprint density at radius 3 is 2.80 bits per heavy atom. The van der Waals surface area contributed by atoms with Crippen LogP contribution in [0.4, 0.5) is 5.69 Å². The largest absolute Gasteiger partial charge is 0.323 e. The first-order valence-electron chi connectivity index (χ1n) is 4.25. The second-order valence-electron chi connectivity index (χ2n) is 3.09. The van der Waals surface area contributed by atoms with Gasteiger partial charge in [-0.3, -0.25) is 10.8 Å². The summed E-state index contributed by atoms with van der Waals surface area (Å²) in [5.74, 6) is 5.41. The summed E-state index contributed by atoms with van der Waals surface area (Å²) in [5.41, 5.74) is 5.15. The molecule has 2 rings (SSSR count). The summed E-state index contributed by atoms with van der Waals surface area (Å²) in [7, 11) is 0. The highest BCUT2D eigenvalue weighted by Crippen LogP contribution is 2.27. The van der Waals surface area contributed by atoms with Gasteiger partial charge in [0.05, 0.1) is 16.2 Å². The summed E-state index contributed by atoms with van der Waals surface area (Å²) >= 11 is 6.03. The highest BCUT2D eigenvalue weighted by Gasteiger charge is 2.05. The molecule has 1 aromatic heterocycles. The van der Waals surface area contributed by atoms with Crippen molar-refractivity contribution in [3.8, 4) is 0 Å². The van der Waals surface area contributed by atoms with Gasteiger partial charge in [-0.15, -0.1) is 12.4 Å². The number of hydrazine groups is 1. The van der Waals surface area contributed by atoms with Crippen molar-refractivity contribution in [2.24, 2.45) is 5.84 Å². The Kier molecular flexibility index (Phi) is 3.74. The zero-order valence-electron chi connectivity index (χ0n) is 8.12. The van der Waals surface area contributed by atoms with Gasteiger partial charge >= 0.3 is 0 Å². The third-order valence-electron chi connectivity index (χ3n) is 2.07. The maximum absolute atomic E-state index is 6.03. The number of para-hydroxylation sites is 1. The first-order chi connectivity index (χ1) is 6.72. The Morgan fingerprint density at radius 1 is 1.40 bits per heavy atom. The highest BCUT2D eigenvalue weighted by molar-refractivity contribution is 6.35. The van der Waals surface area contributed by atoms with Gasteiger partial charge in [0, 0.05) is 11.1 Å². The lowest BCUT2D eigenvalue weighted by Crippen LogP contribution is -2.07. The number of nitrogens with one attached hydrogen (secondary N) is 1. The molecule has 2 aromatic rings. The quantitative estimate of drug-likeness (QED) is 0.599. The van der Waals surface area contributed by atoms with E-state index in [2.05, 4.69) is 10.4 Å². The molecule has 3 N–H and O–H groups in total. The van der Waals surface area contributed by atoms with E-state index >= 15 is 0 Å². The molecule has 0 spiro atoms. The normalized spacial score (nSPS) is 9.80. The van der Waals surface area contributed by atoms with Crippen LogP contribution >= 0.6 is 24.0 Å². The van der Waals surface area contributed by atoms with Gasteiger partial charge in [-0.05, 0) is 19.1 Å². The van der Waals surface area contributed by atoms with Crippen molar-refractivity contribution in [2.75, 3.05) is 5.43 Å². The molecule has 0 unspecified atom stereocenters. The number of aryl methyl sites for hydroxylation is 1. The van der Waals surface area contributed by atoms with Crippen molar-refractivity contribution in [3.05, 3.63) is 35.0 Å². The van der Waals surface area contributed by atoms with Crippen molar-refractivity contribution >= 4 is 40.6 Å². The molecule has 1 heterocycles. The highest BCUT2D eigenvalue weighted by atomic mass is 35.5. The number of anilines is 1. The number of fused-ring (bicyclic) bond motifs is 1. The van der Waals surface area contributed by atoms with E-state index in [-0.39, 0.29) is 12.4 Å². The summed E-state index contributed by atoms with van der Waals surface area (Å²) in [6.45, 7) is 1.91. The summed E-state index contributed by atoms with van der Waals surface area (Å²) in [4.78, 5) is 4.36. The molecule has 0 aliphatic rings. The number of rotatable bonds is 1. The molecule has 0 radical (unpaired) electrons. The minimum atomic E-state index is 0. The van der Waals surface area contributed by atoms with E-state index in [1.807, 2.05) is 31.2 Å². The number of pyridine rings is 1. The molecule has 0 aliphatic heterocycles. The van der Waals surface area contributed by atoms with E-state index in [0.29, 0.717) is 5.02 Å². The van der Waals surface area contributed by atoms with Gasteiger partial charge in [0.25, 0.3) is 0 Å². The Bertz CT molecular complexity index is 485. The van der Waals surface area contributed by atoms with E-state index in [1.165, 1.54) is 0 Å². The standard InChI is InChI=1S/C10H10ClN3.ClH/c1-6-5-9(14-12)7-3-2-4-8(11)10(7)13-6;/h2-5H,12H2,1H3,(H,13,14);1H. The van der Waals surface area contributed by atoms with Crippen LogP contribution in [0.2, 0.25) is 5.02 Å². The summed E-state index contributed by atoms with van der Waals surface area (Å²) in [6, 6.07) is 7.51. The van der Waals surface area contributed by atoms with E-state index < -0.39 is 0 Å². The average Bonchev–Trinajstić information content (AvgIpc) is 2.18. The number of benzene rings is 1. The lowest BCUT2D eigenvalue weighted by molar-refractivity contribution is 1.24. The third-order valence-corrected chi connectivity index (χ3v) is 2.38. The van der Waals surface area contributed by atoms with Crippen LogP contribution in [0.1, 0.15) is 5.69 Å². The number of hydrogen-bond donors (Lipinski definition) is 2. The molecule has 0 atom stereocenters. The molecular weight excluding hydrogens is 233 g/mol. The van der Waals surface area contributed by atoms with Gasteiger partial charge in [-0.1, -0.05) is 23.7 Å². The molecule has 0 fully saturated rings. The summed E-state index contributed by atoms with van der Waals surface area (Å²) < 4.78 is 0. The van der Waals surface area contributed by atoms with Crippen molar-refractivity contribution in [1.82, 2.24) is 4.98 Å². The second-order valence-corrected chi connectivity index (χ2v) is 3.50. The van der Waals surface area contributed by atoms with Gasteiger partial charge in [0.1, 0.15) is 0 Å². The number of halogens is 2. The SMILES string of the molecule is Cc1cc(NN)c2cccc(Cl)c2n1.Cl. The number of hydrogen-bond acceptors (Lipinski definition) is 3. The first kappa shape index (κ1) is 12.0. The maximum atomic E-state index is 6.03. The lowest BCUT2D eigenvalue weighted by atomic mass is 10.1. The number of nitrogen functional groups attached to an aromatic ring is 1. The van der Waals surface area contributed by atoms with E-state index in [4.69, 9.17) is 17.4 Å². The van der Waals surface area contributed by atoms with Crippen LogP contribution in [0.15, 0.2) is 24.3 Å². The second kappa shape index (κ2) is 4.66. The van der Waals surface area contributed by atoms with Crippen LogP contribution in [0, 0.1) is 6.92 Å². The summed E-state index contributed by atoms with van der Waals surface area (Å²) in [6.07, 6.45) is 0. The van der Waals surface area contributed by atoms with Crippen molar-refractivity contribution in [1.29, 1.82) is 0 Å². The third kappa shape index (κ3) is 2.15. The fraction of sp³-hybridized carbons (Fsp3) is 0.100. The lowest BCUT2D eigenvalue weighted by Gasteiger charge is -2.07. The van der Waals surface area contributed by atoms with Gasteiger partial charge in [-0.25, -0.2) is 0 Å². The van der Waals surface area contributed by atoms with E-state index in [9.17, 15) is 0 Å². The average molecular weight is 244 g/mol. The van der Waals surface area contributed by atoms with Gasteiger partial charge < -0.3 is 5.43 Å². The number of aromatic nitrogens is 1. The van der Waals surface area contributed by atoms with Gasteiger partial charge in [0.15, 0.2) is 0 Å². The van der Waals surface area contributed by atoms with Crippen LogP contribution in [0.25, 0.3) is 10.9 Å². The number of nitrogens with zero attached hydrogens (tertiary/aromatic N) is 1. The molecule has 0 saturated heterocycles. The minimum absolute atomic E-state index is 0. The number of nitrogens with two attached hydrogens (primary N) is 1. The van der Waals surface area contributed by atoms with Gasteiger partial charge in [0.2, 0.25) is 0 Å². The molecule has 3 nitrogen and oxygen atoms in total. The Labute approximate surface area is 99.0 Å². The smallest absolute Gasteiger partial charge is 0.0912 e. The summed E-state index contributed by atoms with van der Waals surface area (Å²) in [5, 5.41) is 1.58. The molecule has 0 saturated carbocycles. The fourth-order valence-corrected chi connectivity index (χ4v) is 1.68. The zero-order valence-corrected chi connectivity index (χ0v) is 9.69. The zero-order chi connectivity index (χ0) is 10.1. The van der Waals surface area contributed by atoms with Crippen molar-refractivity contribution in [2.45, 2.75) is 6.92 Å². The molecule has 1 aromatic carbocycles. The Balaban J connectivity index is 0.00000112. The molecule has 5 heteroatoms. The van der Waals surface area contributed by atoms with Crippen LogP contribution in [-0.4, -0.2) is 4.98 Å². The monoisotopic (exact) mass is 243 g/mol. The van der Waals surface area contributed by atoms with Crippen LogP contribution < -0.4 is 11.3 Å². The molecule has 0 amide bonds. The van der Waals surface area contributed by atoms with Crippen LogP contribution in [0.3, 0.4) is 0 Å². The minimum Gasteiger partial charge on any atom is -0.323 e. The molecule has 0 bridgehead atoms. The molecule has 0 aliphatic carbocycles. The first-order valence-corrected chi connectivity index (χ1v) is 4.62. The Morgan fingerprint density at radius 2 is 2.13 bits per heavy atom. The van der Waals surface area contributed by atoms with Crippen molar-refractivity contribution in [3.63, 3.8) is 0 Å². The predicted octanol–water partition coefficient (Wildman–Crippen LogP) is 2.90. The fourth-order valence-electron chi connectivity index (χ4n) is 1.46. The van der Waals surface area contributed by atoms with Crippen LogP contribution in [0.5, 0.6) is 0 Å². The maximum Gasteiger partial charge on any atom is 0.0912 e. The molecular formula is C10H11Cl2N3.